The molecule has 0 spiro atoms. The van der Waals surface area contributed by atoms with Gasteiger partial charge >= 0.3 is 6.18 Å². The van der Waals surface area contributed by atoms with Gasteiger partial charge in [0.1, 0.15) is 5.01 Å². The molecule has 27 heavy (non-hydrogen) atoms. The molecule has 0 saturated carbocycles. The van der Waals surface area contributed by atoms with Gasteiger partial charge in [-0.3, -0.25) is 0 Å². The van der Waals surface area contributed by atoms with Crippen LogP contribution >= 0.6 is 11.3 Å². The molecular formula is C19H20F3N3OS. The first-order chi connectivity index (χ1) is 13.0. The quantitative estimate of drug-likeness (QED) is 0.574. The third kappa shape index (κ3) is 5.18. The van der Waals surface area contributed by atoms with Crippen LogP contribution < -0.4 is 5.32 Å². The van der Waals surface area contributed by atoms with Crippen molar-refractivity contribution in [1.82, 2.24) is 14.9 Å². The number of ether oxygens (including phenoxy) is 1. The van der Waals surface area contributed by atoms with Crippen LogP contribution in [-0.4, -0.2) is 29.8 Å². The Hall–Kier alpha value is -2.16. The van der Waals surface area contributed by atoms with Crippen LogP contribution in [0.4, 0.5) is 13.2 Å². The number of thiazole rings is 1. The molecule has 0 unspecified atom stereocenters. The summed E-state index contributed by atoms with van der Waals surface area (Å²) in [6.45, 7) is 2.78. The van der Waals surface area contributed by atoms with Crippen LogP contribution in [0.2, 0.25) is 0 Å². The van der Waals surface area contributed by atoms with Crippen LogP contribution in [0.3, 0.4) is 0 Å². The zero-order valence-electron chi connectivity index (χ0n) is 14.8. The van der Waals surface area contributed by atoms with Gasteiger partial charge in [0.25, 0.3) is 0 Å². The number of hydrogen-bond acceptors (Lipinski definition) is 4. The number of methoxy groups -OCH3 is 1. The Bertz CT molecular complexity index is 856. The topological polar surface area (TPSA) is 39.1 Å². The largest absolute Gasteiger partial charge is 0.416 e. The van der Waals surface area contributed by atoms with E-state index in [4.69, 9.17) is 4.74 Å². The Morgan fingerprint density at radius 3 is 2.67 bits per heavy atom. The highest BCUT2D eigenvalue weighted by atomic mass is 32.1. The lowest BCUT2D eigenvalue weighted by Crippen LogP contribution is -2.20. The van der Waals surface area contributed by atoms with Crippen molar-refractivity contribution >= 4 is 11.3 Å². The van der Waals surface area contributed by atoms with E-state index in [1.165, 1.54) is 23.5 Å². The van der Waals surface area contributed by atoms with Gasteiger partial charge in [-0.25, -0.2) is 4.98 Å². The molecule has 8 heteroatoms. The fourth-order valence-corrected chi connectivity index (χ4v) is 3.46. The smallest absolute Gasteiger partial charge is 0.383 e. The highest BCUT2D eigenvalue weighted by molar-refractivity contribution is 7.13. The fraction of sp³-hybridized carbons (Fsp3) is 0.316. The van der Waals surface area contributed by atoms with Crippen LogP contribution in [0, 0.1) is 0 Å². The Balaban J connectivity index is 1.66. The SMILES string of the molecule is COCCNCc1cccn1Cc1csc(-c2ccc(C(F)(F)F)cc2)n1. The van der Waals surface area contributed by atoms with Crippen LogP contribution in [0.1, 0.15) is 17.0 Å². The Labute approximate surface area is 159 Å². The zero-order valence-corrected chi connectivity index (χ0v) is 15.6. The van der Waals surface area contributed by atoms with Crippen molar-refractivity contribution < 1.29 is 17.9 Å². The Kier molecular flexibility index (Phi) is 6.30. The summed E-state index contributed by atoms with van der Waals surface area (Å²) < 4.78 is 45.2. The van der Waals surface area contributed by atoms with Crippen molar-refractivity contribution in [2.45, 2.75) is 19.3 Å². The second-order valence-electron chi connectivity index (χ2n) is 6.02. The van der Waals surface area contributed by atoms with E-state index in [1.54, 1.807) is 7.11 Å². The third-order valence-corrected chi connectivity index (χ3v) is 5.00. The average Bonchev–Trinajstić information content (AvgIpc) is 3.28. The number of aromatic nitrogens is 2. The normalized spacial score (nSPS) is 11.9. The zero-order chi connectivity index (χ0) is 19.3. The minimum Gasteiger partial charge on any atom is -0.383 e. The number of hydrogen-bond donors (Lipinski definition) is 1. The predicted octanol–water partition coefficient (Wildman–Crippen LogP) is 4.41. The highest BCUT2D eigenvalue weighted by Gasteiger charge is 2.30. The van der Waals surface area contributed by atoms with Crippen molar-refractivity contribution in [3.05, 3.63) is 64.9 Å². The Morgan fingerprint density at radius 2 is 1.96 bits per heavy atom. The van der Waals surface area contributed by atoms with E-state index < -0.39 is 11.7 Å². The second kappa shape index (κ2) is 8.69. The minimum absolute atomic E-state index is 0.616. The summed E-state index contributed by atoms with van der Waals surface area (Å²) in [7, 11) is 1.67. The monoisotopic (exact) mass is 395 g/mol. The molecular weight excluding hydrogens is 375 g/mol. The molecule has 4 nitrogen and oxygen atoms in total. The lowest BCUT2D eigenvalue weighted by Gasteiger charge is -2.09. The number of alkyl halides is 3. The highest BCUT2D eigenvalue weighted by Crippen LogP contribution is 2.31. The third-order valence-electron chi connectivity index (χ3n) is 4.06. The molecule has 3 aromatic rings. The summed E-state index contributed by atoms with van der Waals surface area (Å²) >= 11 is 1.43. The van der Waals surface area contributed by atoms with Gasteiger partial charge in [0.2, 0.25) is 0 Å². The van der Waals surface area contributed by atoms with Gasteiger partial charge in [0, 0.05) is 43.0 Å². The van der Waals surface area contributed by atoms with Gasteiger partial charge in [-0.05, 0) is 24.3 Å². The molecule has 3 rings (SSSR count). The molecule has 1 N–H and O–H groups in total. The van der Waals surface area contributed by atoms with Gasteiger partial charge in [-0.2, -0.15) is 13.2 Å². The molecule has 0 aliphatic heterocycles. The van der Waals surface area contributed by atoms with Crippen molar-refractivity contribution in [2.75, 3.05) is 20.3 Å². The minimum atomic E-state index is -4.32. The van der Waals surface area contributed by atoms with Crippen LogP contribution in [-0.2, 0) is 24.0 Å². The van der Waals surface area contributed by atoms with E-state index >= 15 is 0 Å². The summed E-state index contributed by atoms with van der Waals surface area (Å²) in [4.78, 5) is 4.57. The fourth-order valence-electron chi connectivity index (χ4n) is 2.64. The van der Waals surface area contributed by atoms with Crippen molar-refractivity contribution in [3.63, 3.8) is 0 Å². The molecule has 0 bridgehead atoms. The van der Waals surface area contributed by atoms with Crippen LogP contribution in [0.25, 0.3) is 10.6 Å². The predicted molar refractivity (Wildman–Crippen MR) is 99.7 cm³/mol. The Morgan fingerprint density at radius 1 is 1.19 bits per heavy atom. The number of halogens is 3. The maximum absolute atomic E-state index is 12.7. The van der Waals surface area contributed by atoms with E-state index in [9.17, 15) is 13.2 Å². The second-order valence-corrected chi connectivity index (χ2v) is 6.87. The van der Waals surface area contributed by atoms with Gasteiger partial charge in [0.15, 0.2) is 0 Å². The van der Waals surface area contributed by atoms with Gasteiger partial charge in [0.05, 0.1) is 24.4 Å². The maximum Gasteiger partial charge on any atom is 0.416 e. The molecule has 1 aromatic carbocycles. The summed E-state index contributed by atoms with van der Waals surface area (Å²) in [6, 6.07) is 9.14. The first-order valence-corrected chi connectivity index (χ1v) is 9.31. The molecule has 0 amide bonds. The molecule has 0 aliphatic carbocycles. The standard InChI is InChI=1S/C19H20F3N3OS/c1-26-10-8-23-11-17-3-2-9-25(17)12-16-13-27-18(24-16)14-4-6-15(7-5-14)19(20,21)22/h2-7,9,13,23H,8,10-12H2,1H3. The summed E-state index contributed by atoms with van der Waals surface area (Å²) in [5.41, 5.74) is 2.05. The number of nitrogens with zero attached hydrogens (tertiary/aromatic N) is 2. The molecule has 0 fully saturated rings. The van der Waals surface area contributed by atoms with Crippen molar-refractivity contribution in [1.29, 1.82) is 0 Å². The van der Waals surface area contributed by atoms with Gasteiger partial charge in [-0.15, -0.1) is 11.3 Å². The van der Waals surface area contributed by atoms with E-state index in [0.717, 1.165) is 36.6 Å². The lowest BCUT2D eigenvalue weighted by atomic mass is 10.1. The van der Waals surface area contributed by atoms with E-state index in [0.29, 0.717) is 23.7 Å². The number of nitrogens with one attached hydrogen (secondary N) is 1. The maximum atomic E-state index is 12.7. The molecule has 144 valence electrons. The van der Waals surface area contributed by atoms with Crippen molar-refractivity contribution in [2.24, 2.45) is 0 Å². The van der Waals surface area contributed by atoms with E-state index in [1.807, 2.05) is 23.7 Å². The molecule has 0 aliphatic rings. The van der Waals surface area contributed by atoms with E-state index in [2.05, 4.69) is 14.9 Å². The van der Waals surface area contributed by atoms with Crippen molar-refractivity contribution in [3.8, 4) is 10.6 Å². The summed E-state index contributed by atoms with van der Waals surface area (Å²) in [5.74, 6) is 0. The number of rotatable bonds is 8. The molecule has 0 atom stereocenters. The summed E-state index contributed by atoms with van der Waals surface area (Å²) in [5, 5.41) is 5.96. The lowest BCUT2D eigenvalue weighted by molar-refractivity contribution is -0.137. The van der Waals surface area contributed by atoms with Crippen LogP contribution in [0.15, 0.2) is 48.0 Å². The van der Waals surface area contributed by atoms with Crippen LogP contribution in [0.5, 0.6) is 0 Å². The molecule has 0 saturated heterocycles. The average molecular weight is 395 g/mol. The molecule has 2 aromatic heterocycles. The first-order valence-electron chi connectivity index (χ1n) is 8.43. The van der Waals surface area contributed by atoms with E-state index in [-0.39, 0.29) is 0 Å². The van der Waals surface area contributed by atoms with Gasteiger partial charge < -0.3 is 14.6 Å². The first kappa shape index (κ1) is 19.6. The summed E-state index contributed by atoms with van der Waals surface area (Å²) in [6.07, 6.45) is -2.33. The number of benzene rings is 1. The van der Waals surface area contributed by atoms with Gasteiger partial charge in [-0.1, -0.05) is 12.1 Å². The molecule has 0 radical (unpaired) electrons. The molecule has 2 heterocycles.